The molecule has 0 aliphatic heterocycles. The second-order valence-corrected chi connectivity index (χ2v) is 5.15. The molecule has 0 amide bonds. The smallest absolute Gasteiger partial charge is 0.0642 e. The first-order valence-electron chi connectivity index (χ1n) is 6.27. The van der Waals surface area contributed by atoms with Crippen molar-refractivity contribution in [3.63, 3.8) is 0 Å². The zero-order chi connectivity index (χ0) is 12.8. The molecule has 96 valence electrons. The van der Waals surface area contributed by atoms with E-state index in [9.17, 15) is 0 Å². The summed E-state index contributed by atoms with van der Waals surface area (Å²) in [7, 11) is 2.08. The van der Waals surface area contributed by atoms with E-state index in [1.165, 1.54) is 5.56 Å². The van der Waals surface area contributed by atoms with E-state index in [0.717, 1.165) is 30.2 Å². The predicted molar refractivity (Wildman–Crippen MR) is 77.0 cm³/mol. The van der Waals surface area contributed by atoms with Crippen molar-refractivity contribution in [2.45, 2.75) is 39.8 Å². The third kappa shape index (κ3) is 4.57. The van der Waals surface area contributed by atoms with E-state index >= 15 is 0 Å². The Bertz CT molecular complexity index is 350. The molecule has 1 aromatic rings. The minimum atomic E-state index is 0.496. The molecule has 0 unspecified atom stereocenters. The number of nitrogens with one attached hydrogen (secondary N) is 1. The van der Waals surface area contributed by atoms with Gasteiger partial charge in [-0.1, -0.05) is 38.4 Å². The molecular weight excluding hydrogens is 232 g/mol. The van der Waals surface area contributed by atoms with E-state index in [-0.39, 0.29) is 0 Å². The van der Waals surface area contributed by atoms with Gasteiger partial charge in [0.25, 0.3) is 0 Å². The van der Waals surface area contributed by atoms with Gasteiger partial charge in [0.05, 0.1) is 10.7 Å². The fraction of sp³-hybridized carbons (Fsp3) is 0.571. The van der Waals surface area contributed by atoms with Crippen LogP contribution in [0.1, 0.15) is 32.8 Å². The van der Waals surface area contributed by atoms with Gasteiger partial charge in [-0.15, -0.1) is 0 Å². The molecule has 1 N–H and O–H groups in total. The van der Waals surface area contributed by atoms with Crippen molar-refractivity contribution < 1.29 is 0 Å². The quantitative estimate of drug-likeness (QED) is 0.833. The predicted octanol–water partition coefficient (Wildman–Crippen LogP) is 3.68. The first kappa shape index (κ1) is 14.3. The van der Waals surface area contributed by atoms with Crippen molar-refractivity contribution in [3.05, 3.63) is 28.8 Å². The molecule has 0 atom stereocenters. The van der Waals surface area contributed by atoms with E-state index in [2.05, 4.69) is 56.2 Å². The van der Waals surface area contributed by atoms with Gasteiger partial charge < -0.3 is 10.2 Å². The fourth-order valence-corrected chi connectivity index (χ4v) is 2.10. The van der Waals surface area contributed by atoms with Gasteiger partial charge in [-0.25, -0.2) is 0 Å². The Morgan fingerprint density at radius 1 is 1.35 bits per heavy atom. The molecule has 3 heteroatoms. The van der Waals surface area contributed by atoms with E-state index in [1.807, 2.05) is 0 Å². The second-order valence-electron chi connectivity index (χ2n) is 4.74. The lowest BCUT2D eigenvalue weighted by atomic mass is 10.2. The third-order valence-electron chi connectivity index (χ3n) is 2.70. The Morgan fingerprint density at radius 3 is 2.59 bits per heavy atom. The minimum absolute atomic E-state index is 0.496. The van der Waals surface area contributed by atoms with Gasteiger partial charge >= 0.3 is 0 Å². The first-order valence-corrected chi connectivity index (χ1v) is 6.65. The summed E-state index contributed by atoms with van der Waals surface area (Å²) in [6.07, 6.45) is 1.13. The fourth-order valence-electron chi connectivity index (χ4n) is 1.75. The van der Waals surface area contributed by atoms with Crippen LogP contribution in [0.5, 0.6) is 0 Å². The number of nitrogens with zero attached hydrogens (tertiary/aromatic N) is 1. The van der Waals surface area contributed by atoms with Crippen LogP contribution < -0.4 is 10.2 Å². The highest BCUT2D eigenvalue weighted by Gasteiger charge is 2.06. The maximum Gasteiger partial charge on any atom is 0.0642 e. The summed E-state index contributed by atoms with van der Waals surface area (Å²) in [5, 5.41) is 4.23. The SMILES string of the molecule is CCCN(C)c1ccc(CNC(C)C)cc1Cl. The van der Waals surface area contributed by atoms with Crippen molar-refractivity contribution in [1.29, 1.82) is 0 Å². The largest absolute Gasteiger partial charge is 0.373 e. The van der Waals surface area contributed by atoms with Crippen molar-refractivity contribution in [3.8, 4) is 0 Å². The van der Waals surface area contributed by atoms with Crippen molar-refractivity contribution in [1.82, 2.24) is 5.32 Å². The van der Waals surface area contributed by atoms with Crippen LogP contribution in [0.3, 0.4) is 0 Å². The van der Waals surface area contributed by atoms with Crippen LogP contribution in [-0.4, -0.2) is 19.6 Å². The highest BCUT2D eigenvalue weighted by molar-refractivity contribution is 6.33. The average Bonchev–Trinajstić information content (AvgIpc) is 2.26. The summed E-state index contributed by atoms with van der Waals surface area (Å²) in [6.45, 7) is 8.36. The summed E-state index contributed by atoms with van der Waals surface area (Å²) in [5.74, 6) is 0. The zero-order valence-corrected chi connectivity index (χ0v) is 12.0. The number of benzene rings is 1. The number of halogens is 1. The van der Waals surface area contributed by atoms with Gasteiger partial charge in [-0.05, 0) is 24.1 Å². The molecule has 0 heterocycles. The lowest BCUT2D eigenvalue weighted by Crippen LogP contribution is -2.22. The lowest BCUT2D eigenvalue weighted by molar-refractivity contribution is 0.589. The topological polar surface area (TPSA) is 15.3 Å². The van der Waals surface area contributed by atoms with Crippen molar-refractivity contribution >= 4 is 17.3 Å². The molecule has 0 aliphatic rings. The Morgan fingerprint density at radius 2 is 2.06 bits per heavy atom. The van der Waals surface area contributed by atoms with E-state index in [4.69, 9.17) is 11.6 Å². The van der Waals surface area contributed by atoms with Crippen LogP contribution in [0.4, 0.5) is 5.69 Å². The summed E-state index contributed by atoms with van der Waals surface area (Å²) in [6, 6.07) is 6.80. The number of hydrogen-bond acceptors (Lipinski definition) is 2. The van der Waals surface area contributed by atoms with Crippen LogP contribution in [-0.2, 0) is 6.54 Å². The van der Waals surface area contributed by atoms with Crippen molar-refractivity contribution in [2.75, 3.05) is 18.5 Å². The Kier molecular flexibility index (Phi) is 5.79. The molecule has 0 aromatic heterocycles. The maximum absolute atomic E-state index is 6.31. The minimum Gasteiger partial charge on any atom is -0.373 e. The molecular formula is C14H23ClN2. The molecule has 2 nitrogen and oxygen atoms in total. The van der Waals surface area contributed by atoms with Gasteiger partial charge in [0.2, 0.25) is 0 Å². The molecule has 1 rings (SSSR count). The highest BCUT2D eigenvalue weighted by Crippen LogP contribution is 2.26. The summed E-state index contributed by atoms with van der Waals surface area (Å²) >= 11 is 6.31. The maximum atomic E-state index is 6.31. The normalized spacial score (nSPS) is 10.9. The summed E-state index contributed by atoms with van der Waals surface area (Å²) in [4.78, 5) is 2.20. The van der Waals surface area contributed by atoms with E-state index < -0.39 is 0 Å². The first-order chi connectivity index (χ1) is 8.04. The van der Waals surface area contributed by atoms with Crippen molar-refractivity contribution in [2.24, 2.45) is 0 Å². The van der Waals surface area contributed by atoms with Gasteiger partial charge in [0, 0.05) is 26.2 Å². The van der Waals surface area contributed by atoms with Gasteiger partial charge in [0.1, 0.15) is 0 Å². The molecule has 17 heavy (non-hydrogen) atoms. The molecule has 0 bridgehead atoms. The molecule has 0 aliphatic carbocycles. The molecule has 0 radical (unpaired) electrons. The molecule has 1 aromatic carbocycles. The van der Waals surface area contributed by atoms with Gasteiger partial charge in [-0.3, -0.25) is 0 Å². The third-order valence-corrected chi connectivity index (χ3v) is 3.00. The molecule has 0 saturated carbocycles. The van der Waals surface area contributed by atoms with Crippen LogP contribution in [0.15, 0.2) is 18.2 Å². The van der Waals surface area contributed by atoms with Gasteiger partial charge in [-0.2, -0.15) is 0 Å². The molecule has 0 saturated heterocycles. The van der Waals surface area contributed by atoms with Crippen LogP contribution in [0.2, 0.25) is 5.02 Å². The number of anilines is 1. The highest BCUT2D eigenvalue weighted by atomic mass is 35.5. The van der Waals surface area contributed by atoms with E-state index in [1.54, 1.807) is 0 Å². The summed E-state index contributed by atoms with van der Waals surface area (Å²) < 4.78 is 0. The van der Waals surface area contributed by atoms with E-state index in [0.29, 0.717) is 6.04 Å². The zero-order valence-electron chi connectivity index (χ0n) is 11.3. The standard InChI is InChI=1S/C14H23ClN2/c1-5-8-17(4)14-7-6-12(9-13(14)15)10-16-11(2)3/h6-7,9,11,16H,5,8,10H2,1-4H3. The van der Waals surface area contributed by atoms with Crippen LogP contribution in [0.25, 0.3) is 0 Å². The Hall–Kier alpha value is -0.730. The number of rotatable bonds is 6. The lowest BCUT2D eigenvalue weighted by Gasteiger charge is -2.20. The van der Waals surface area contributed by atoms with Gasteiger partial charge in [0.15, 0.2) is 0 Å². The Balaban J connectivity index is 2.72. The van der Waals surface area contributed by atoms with Crippen LogP contribution in [0, 0.1) is 0 Å². The summed E-state index contributed by atoms with van der Waals surface area (Å²) in [5.41, 5.74) is 2.35. The number of hydrogen-bond donors (Lipinski definition) is 1. The second kappa shape index (κ2) is 6.87. The van der Waals surface area contributed by atoms with Crippen LogP contribution >= 0.6 is 11.6 Å². The monoisotopic (exact) mass is 254 g/mol. The molecule has 0 spiro atoms. The average molecular weight is 255 g/mol. The molecule has 0 fully saturated rings. The Labute approximate surface area is 110 Å².